The Kier molecular flexibility index (Phi) is 6.85. The van der Waals surface area contributed by atoms with Gasteiger partial charge in [0.05, 0.1) is 24.6 Å². The number of nitrogens with zero attached hydrogens (tertiary/aromatic N) is 2. The van der Waals surface area contributed by atoms with E-state index in [0.29, 0.717) is 23.9 Å². The average molecular weight is 394 g/mol. The van der Waals surface area contributed by atoms with Gasteiger partial charge in [-0.15, -0.1) is 0 Å². The standard InChI is InChI=1S/C22H20ClN3O2/c23-19-9-10-21(26-11-13-28-14-12-26)20(15-19)25-22(27)18(16-24)8-4-7-17-5-2-1-3-6-17/h1-10,15H,11-14H2,(H,25,27)/b7-4+,18-8+. The van der Waals surface area contributed by atoms with Crippen LogP contribution in [0.15, 0.2) is 66.3 Å². The third-order valence-electron chi connectivity index (χ3n) is 4.27. The second-order valence-electron chi connectivity index (χ2n) is 6.18. The lowest BCUT2D eigenvalue weighted by Gasteiger charge is -2.30. The van der Waals surface area contributed by atoms with Gasteiger partial charge in [-0.05, 0) is 29.8 Å². The normalized spacial score (nSPS) is 14.7. The molecule has 2 aromatic carbocycles. The summed E-state index contributed by atoms with van der Waals surface area (Å²) in [4.78, 5) is 14.7. The van der Waals surface area contributed by atoms with Crippen LogP contribution in [0.3, 0.4) is 0 Å². The van der Waals surface area contributed by atoms with Crippen molar-refractivity contribution >= 4 is 35.0 Å². The van der Waals surface area contributed by atoms with Crippen LogP contribution in [-0.4, -0.2) is 32.2 Å². The molecule has 1 N–H and O–H groups in total. The molecule has 0 aromatic heterocycles. The first-order valence-corrected chi connectivity index (χ1v) is 9.32. The number of anilines is 2. The number of morpholine rings is 1. The van der Waals surface area contributed by atoms with Crippen LogP contribution in [0.2, 0.25) is 5.02 Å². The first-order valence-electron chi connectivity index (χ1n) is 8.94. The first-order chi connectivity index (χ1) is 13.7. The Morgan fingerprint density at radius 1 is 1.18 bits per heavy atom. The molecule has 0 aliphatic carbocycles. The molecule has 1 heterocycles. The average Bonchev–Trinajstić information content (AvgIpc) is 2.72. The van der Waals surface area contributed by atoms with Crippen molar-refractivity contribution in [3.63, 3.8) is 0 Å². The summed E-state index contributed by atoms with van der Waals surface area (Å²) in [5.41, 5.74) is 2.44. The number of ether oxygens (including phenoxy) is 1. The number of nitrogens with one attached hydrogen (secondary N) is 1. The van der Waals surface area contributed by atoms with Gasteiger partial charge in [0.25, 0.3) is 5.91 Å². The Bertz CT molecular complexity index is 927. The van der Waals surface area contributed by atoms with E-state index >= 15 is 0 Å². The molecule has 1 amide bonds. The van der Waals surface area contributed by atoms with Crippen LogP contribution in [0.1, 0.15) is 5.56 Å². The number of hydrogen-bond acceptors (Lipinski definition) is 4. The van der Waals surface area contributed by atoms with Gasteiger partial charge in [-0.1, -0.05) is 54.1 Å². The fourth-order valence-electron chi connectivity index (χ4n) is 2.86. The molecule has 0 spiro atoms. The van der Waals surface area contributed by atoms with Crippen LogP contribution >= 0.6 is 11.6 Å². The number of carbonyl (C=O) groups is 1. The zero-order valence-electron chi connectivity index (χ0n) is 15.3. The molecule has 1 aliphatic rings. The van der Waals surface area contributed by atoms with Crippen molar-refractivity contribution in [3.05, 3.63) is 76.8 Å². The fourth-order valence-corrected chi connectivity index (χ4v) is 3.03. The largest absolute Gasteiger partial charge is 0.378 e. The summed E-state index contributed by atoms with van der Waals surface area (Å²) < 4.78 is 5.39. The van der Waals surface area contributed by atoms with Crippen molar-refractivity contribution in [2.75, 3.05) is 36.5 Å². The van der Waals surface area contributed by atoms with Gasteiger partial charge in [0.15, 0.2) is 0 Å². The van der Waals surface area contributed by atoms with Crippen molar-refractivity contribution < 1.29 is 9.53 Å². The minimum atomic E-state index is -0.475. The van der Waals surface area contributed by atoms with Crippen LogP contribution in [0.4, 0.5) is 11.4 Å². The highest BCUT2D eigenvalue weighted by molar-refractivity contribution is 6.31. The number of carbonyl (C=O) groups excluding carboxylic acids is 1. The Balaban J connectivity index is 1.77. The molecule has 28 heavy (non-hydrogen) atoms. The fraction of sp³-hybridized carbons (Fsp3) is 0.182. The molecule has 2 aromatic rings. The van der Waals surface area contributed by atoms with Crippen molar-refractivity contribution in [3.8, 4) is 6.07 Å². The summed E-state index contributed by atoms with van der Waals surface area (Å²) in [5.74, 6) is -0.475. The van der Waals surface area contributed by atoms with Gasteiger partial charge in [0.1, 0.15) is 11.6 Å². The maximum absolute atomic E-state index is 12.6. The minimum Gasteiger partial charge on any atom is -0.378 e. The molecule has 0 unspecified atom stereocenters. The number of amides is 1. The molecule has 1 saturated heterocycles. The van der Waals surface area contributed by atoms with Crippen molar-refractivity contribution in [2.45, 2.75) is 0 Å². The maximum Gasteiger partial charge on any atom is 0.266 e. The van der Waals surface area contributed by atoms with Crippen LogP contribution in [0.5, 0.6) is 0 Å². The number of allylic oxidation sites excluding steroid dienone is 2. The maximum atomic E-state index is 12.6. The van der Waals surface area contributed by atoms with Gasteiger partial charge in [-0.3, -0.25) is 4.79 Å². The van der Waals surface area contributed by atoms with E-state index in [9.17, 15) is 10.1 Å². The summed E-state index contributed by atoms with van der Waals surface area (Å²) in [7, 11) is 0. The van der Waals surface area contributed by atoms with Gasteiger partial charge in [-0.25, -0.2) is 0 Å². The molecule has 0 radical (unpaired) electrons. The molecular weight excluding hydrogens is 374 g/mol. The second-order valence-corrected chi connectivity index (χ2v) is 6.61. The van der Waals surface area contributed by atoms with E-state index in [1.165, 1.54) is 6.08 Å². The van der Waals surface area contributed by atoms with Gasteiger partial charge in [0, 0.05) is 18.1 Å². The van der Waals surface area contributed by atoms with E-state index in [-0.39, 0.29) is 5.57 Å². The molecule has 0 atom stereocenters. The molecule has 1 aliphatic heterocycles. The zero-order chi connectivity index (χ0) is 19.8. The number of halogens is 1. The topological polar surface area (TPSA) is 65.4 Å². The number of rotatable bonds is 5. The third-order valence-corrected chi connectivity index (χ3v) is 4.51. The van der Waals surface area contributed by atoms with Crippen molar-refractivity contribution in [1.29, 1.82) is 5.26 Å². The molecule has 0 saturated carbocycles. The predicted octanol–water partition coefficient (Wildman–Crippen LogP) is 4.28. The minimum absolute atomic E-state index is 0.0140. The Labute approximate surface area is 169 Å². The quantitative estimate of drug-likeness (QED) is 0.468. The summed E-state index contributed by atoms with van der Waals surface area (Å²) in [6.45, 7) is 2.71. The molecule has 5 nitrogen and oxygen atoms in total. The van der Waals surface area contributed by atoms with E-state index in [1.807, 2.05) is 48.5 Å². The van der Waals surface area contributed by atoms with E-state index in [0.717, 1.165) is 24.3 Å². The lowest BCUT2D eigenvalue weighted by Crippen LogP contribution is -2.36. The Hall–Kier alpha value is -3.07. The molecule has 0 bridgehead atoms. The first kappa shape index (κ1) is 19.7. The zero-order valence-corrected chi connectivity index (χ0v) is 16.0. The van der Waals surface area contributed by atoms with Gasteiger partial charge in [0.2, 0.25) is 0 Å². The van der Waals surface area contributed by atoms with Crippen LogP contribution in [0.25, 0.3) is 6.08 Å². The Morgan fingerprint density at radius 3 is 2.64 bits per heavy atom. The lowest BCUT2D eigenvalue weighted by molar-refractivity contribution is -0.112. The van der Waals surface area contributed by atoms with Crippen molar-refractivity contribution in [2.24, 2.45) is 0 Å². The summed E-state index contributed by atoms with van der Waals surface area (Å²) in [6, 6.07) is 17.0. The van der Waals surface area contributed by atoms with E-state index in [4.69, 9.17) is 16.3 Å². The summed E-state index contributed by atoms with van der Waals surface area (Å²) in [5, 5.41) is 12.7. The highest BCUT2D eigenvalue weighted by atomic mass is 35.5. The van der Waals surface area contributed by atoms with Gasteiger partial charge in [-0.2, -0.15) is 5.26 Å². The SMILES string of the molecule is N#C/C(=C\C=C\c1ccccc1)C(=O)Nc1cc(Cl)ccc1N1CCOCC1. The molecule has 142 valence electrons. The lowest BCUT2D eigenvalue weighted by atomic mass is 10.1. The summed E-state index contributed by atoms with van der Waals surface area (Å²) in [6.07, 6.45) is 5.03. The second kappa shape index (κ2) is 9.75. The summed E-state index contributed by atoms with van der Waals surface area (Å²) >= 11 is 6.12. The molecule has 1 fully saturated rings. The number of hydrogen-bond donors (Lipinski definition) is 1. The molecule has 6 heteroatoms. The smallest absolute Gasteiger partial charge is 0.266 e. The molecule has 3 rings (SSSR count). The third kappa shape index (κ3) is 5.23. The number of benzene rings is 2. The highest BCUT2D eigenvalue weighted by Crippen LogP contribution is 2.30. The predicted molar refractivity (Wildman–Crippen MR) is 112 cm³/mol. The van der Waals surface area contributed by atoms with E-state index in [2.05, 4.69) is 10.2 Å². The Morgan fingerprint density at radius 2 is 1.93 bits per heavy atom. The highest BCUT2D eigenvalue weighted by Gasteiger charge is 2.17. The van der Waals surface area contributed by atoms with Crippen LogP contribution < -0.4 is 10.2 Å². The molecular formula is C22H20ClN3O2. The van der Waals surface area contributed by atoms with Gasteiger partial charge >= 0.3 is 0 Å². The monoisotopic (exact) mass is 393 g/mol. The van der Waals surface area contributed by atoms with E-state index < -0.39 is 5.91 Å². The van der Waals surface area contributed by atoms with Gasteiger partial charge < -0.3 is 15.0 Å². The van der Waals surface area contributed by atoms with Crippen LogP contribution in [-0.2, 0) is 9.53 Å². The van der Waals surface area contributed by atoms with Crippen LogP contribution in [0, 0.1) is 11.3 Å². The number of nitriles is 1. The van der Waals surface area contributed by atoms with E-state index in [1.54, 1.807) is 18.2 Å². The van der Waals surface area contributed by atoms with Crippen molar-refractivity contribution in [1.82, 2.24) is 0 Å².